The van der Waals surface area contributed by atoms with Crippen LogP contribution in [0.4, 0.5) is 0 Å². The Hall–Kier alpha value is -1.26. The van der Waals surface area contributed by atoms with Gasteiger partial charge in [-0.25, -0.2) is 0 Å². The van der Waals surface area contributed by atoms with Crippen LogP contribution in [0, 0.1) is 0 Å². The monoisotopic (exact) mass is 294 g/mol. The first kappa shape index (κ1) is 13.7. The maximum Gasteiger partial charge on any atom is 0.263 e. The molecule has 1 atom stereocenters. The fourth-order valence-electron chi connectivity index (χ4n) is 2.95. The van der Waals surface area contributed by atoms with Gasteiger partial charge in [0.1, 0.15) is 5.75 Å². The number of fused-ring (bicyclic) bond motifs is 1. The van der Waals surface area contributed by atoms with Gasteiger partial charge in [-0.3, -0.25) is 4.79 Å². The molecule has 1 aromatic carbocycles. The Morgan fingerprint density at radius 1 is 1.40 bits per heavy atom. The van der Waals surface area contributed by atoms with Crippen LogP contribution in [-0.2, 0) is 11.2 Å². The Morgan fingerprint density at radius 2 is 2.15 bits per heavy atom. The molecule has 0 spiro atoms. The van der Waals surface area contributed by atoms with Crippen LogP contribution in [0.2, 0.25) is 5.02 Å². The second kappa shape index (κ2) is 5.62. The van der Waals surface area contributed by atoms with E-state index >= 15 is 0 Å². The Kier molecular flexibility index (Phi) is 3.85. The summed E-state index contributed by atoms with van der Waals surface area (Å²) in [4.78, 5) is 14.4. The van der Waals surface area contributed by atoms with Crippen molar-refractivity contribution in [1.29, 1.82) is 0 Å². The van der Waals surface area contributed by atoms with E-state index in [1.807, 2.05) is 24.1 Å². The Morgan fingerprint density at radius 3 is 2.85 bits per heavy atom. The number of hydrogen-bond donors (Lipinski definition) is 1. The van der Waals surface area contributed by atoms with Crippen LogP contribution in [-0.4, -0.2) is 43.1 Å². The molecule has 108 valence electrons. The highest BCUT2D eigenvalue weighted by atomic mass is 35.5. The molecule has 20 heavy (non-hydrogen) atoms. The zero-order chi connectivity index (χ0) is 14.1. The predicted molar refractivity (Wildman–Crippen MR) is 78.2 cm³/mol. The number of carbonyl (C=O) groups excluding carboxylic acids is 1. The van der Waals surface area contributed by atoms with Gasteiger partial charge in [-0.05, 0) is 43.7 Å². The summed E-state index contributed by atoms with van der Waals surface area (Å²) in [5.41, 5.74) is 1.03. The molecule has 0 bridgehead atoms. The number of benzene rings is 1. The van der Waals surface area contributed by atoms with E-state index in [2.05, 4.69) is 5.32 Å². The van der Waals surface area contributed by atoms with Crippen LogP contribution in [0.5, 0.6) is 5.75 Å². The SMILES string of the molecule is CNC1CCN(C(=O)C2Cc3cc(Cl)ccc3O2)CC1. The second-order valence-corrected chi connectivity index (χ2v) is 5.89. The fourth-order valence-corrected chi connectivity index (χ4v) is 3.14. The third-order valence-electron chi connectivity index (χ3n) is 4.19. The molecule has 2 heterocycles. The van der Waals surface area contributed by atoms with E-state index in [4.69, 9.17) is 16.3 Å². The number of rotatable bonds is 2. The largest absolute Gasteiger partial charge is 0.480 e. The van der Waals surface area contributed by atoms with Gasteiger partial charge in [-0.1, -0.05) is 11.6 Å². The van der Waals surface area contributed by atoms with Gasteiger partial charge < -0.3 is 15.0 Å². The minimum atomic E-state index is -0.380. The first-order valence-electron chi connectivity index (χ1n) is 7.08. The quantitative estimate of drug-likeness (QED) is 0.905. The molecule has 1 amide bonds. The van der Waals surface area contributed by atoms with E-state index in [0.717, 1.165) is 37.2 Å². The average Bonchev–Trinajstić information content (AvgIpc) is 2.89. The lowest BCUT2D eigenvalue weighted by Crippen LogP contribution is -2.48. The number of carbonyl (C=O) groups is 1. The summed E-state index contributed by atoms with van der Waals surface area (Å²) in [5, 5.41) is 3.96. The zero-order valence-electron chi connectivity index (χ0n) is 11.6. The molecule has 0 radical (unpaired) electrons. The standard InChI is InChI=1S/C15H19ClN2O2/c1-17-12-4-6-18(7-5-12)15(19)14-9-10-8-11(16)2-3-13(10)20-14/h2-3,8,12,14,17H,4-7,9H2,1H3. The van der Waals surface area contributed by atoms with E-state index in [-0.39, 0.29) is 12.0 Å². The molecule has 0 saturated carbocycles. The van der Waals surface area contributed by atoms with E-state index in [1.165, 1.54) is 0 Å². The van der Waals surface area contributed by atoms with Crippen LogP contribution < -0.4 is 10.1 Å². The summed E-state index contributed by atoms with van der Waals surface area (Å²) in [6.07, 6.45) is 2.26. The molecule has 1 unspecified atom stereocenters. The molecule has 1 saturated heterocycles. The van der Waals surface area contributed by atoms with Gasteiger partial charge in [-0.2, -0.15) is 0 Å². The molecule has 2 aliphatic rings. The Labute approximate surface area is 124 Å². The minimum Gasteiger partial charge on any atom is -0.480 e. The van der Waals surface area contributed by atoms with E-state index in [9.17, 15) is 4.79 Å². The Balaban J connectivity index is 1.63. The number of halogens is 1. The second-order valence-electron chi connectivity index (χ2n) is 5.45. The van der Waals surface area contributed by atoms with Gasteiger partial charge in [0.2, 0.25) is 0 Å². The van der Waals surface area contributed by atoms with Gasteiger partial charge in [0.25, 0.3) is 5.91 Å². The number of nitrogens with zero attached hydrogens (tertiary/aromatic N) is 1. The van der Waals surface area contributed by atoms with Crippen LogP contribution in [0.3, 0.4) is 0 Å². The average molecular weight is 295 g/mol. The van der Waals surface area contributed by atoms with Crippen LogP contribution in [0.25, 0.3) is 0 Å². The van der Waals surface area contributed by atoms with Gasteiger partial charge in [0.05, 0.1) is 0 Å². The topological polar surface area (TPSA) is 41.6 Å². The van der Waals surface area contributed by atoms with Crippen LogP contribution in [0.1, 0.15) is 18.4 Å². The molecule has 2 aliphatic heterocycles. The first-order valence-corrected chi connectivity index (χ1v) is 7.46. The normalized spacial score (nSPS) is 22.5. The van der Waals surface area contributed by atoms with Crippen molar-refractivity contribution in [1.82, 2.24) is 10.2 Å². The zero-order valence-corrected chi connectivity index (χ0v) is 12.3. The lowest BCUT2D eigenvalue weighted by atomic mass is 10.0. The smallest absolute Gasteiger partial charge is 0.263 e. The highest BCUT2D eigenvalue weighted by Gasteiger charge is 2.33. The highest BCUT2D eigenvalue weighted by molar-refractivity contribution is 6.30. The van der Waals surface area contributed by atoms with Crippen LogP contribution in [0.15, 0.2) is 18.2 Å². The summed E-state index contributed by atoms with van der Waals surface area (Å²) in [7, 11) is 1.97. The van der Waals surface area contributed by atoms with Gasteiger partial charge in [0.15, 0.2) is 6.10 Å². The molecule has 0 aromatic heterocycles. The minimum absolute atomic E-state index is 0.104. The summed E-state index contributed by atoms with van der Waals surface area (Å²) in [6, 6.07) is 6.06. The van der Waals surface area contributed by atoms with E-state index in [1.54, 1.807) is 6.07 Å². The predicted octanol–water partition coefficient (Wildman–Crippen LogP) is 1.85. The molecule has 5 heteroatoms. The fraction of sp³-hybridized carbons (Fsp3) is 0.533. The van der Waals surface area contributed by atoms with Crippen molar-refractivity contribution in [3.8, 4) is 5.75 Å². The third-order valence-corrected chi connectivity index (χ3v) is 4.42. The molecule has 3 rings (SSSR count). The molecule has 1 aromatic rings. The van der Waals surface area contributed by atoms with Gasteiger partial charge in [-0.15, -0.1) is 0 Å². The summed E-state index contributed by atoms with van der Waals surface area (Å²) < 4.78 is 5.76. The van der Waals surface area contributed by atoms with E-state index < -0.39 is 0 Å². The van der Waals surface area contributed by atoms with Crippen LogP contribution >= 0.6 is 11.6 Å². The third kappa shape index (κ3) is 2.63. The maximum atomic E-state index is 12.5. The molecular weight excluding hydrogens is 276 g/mol. The number of nitrogens with one attached hydrogen (secondary N) is 1. The van der Waals surface area contributed by atoms with Crippen molar-refractivity contribution in [2.24, 2.45) is 0 Å². The number of amides is 1. The van der Waals surface area contributed by atoms with Gasteiger partial charge >= 0.3 is 0 Å². The number of likely N-dealkylation sites (tertiary alicyclic amines) is 1. The van der Waals surface area contributed by atoms with Crippen molar-refractivity contribution in [3.05, 3.63) is 28.8 Å². The molecule has 1 fully saturated rings. The van der Waals surface area contributed by atoms with Crippen molar-refractivity contribution in [3.63, 3.8) is 0 Å². The maximum absolute atomic E-state index is 12.5. The molecule has 0 aliphatic carbocycles. The molecular formula is C15H19ClN2O2. The van der Waals surface area contributed by atoms with Crippen molar-refractivity contribution in [2.75, 3.05) is 20.1 Å². The number of piperidine rings is 1. The van der Waals surface area contributed by atoms with Crippen molar-refractivity contribution in [2.45, 2.75) is 31.4 Å². The summed E-state index contributed by atoms with van der Waals surface area (Å²) >= 11 is 5.97. The van der Waals surface area contributed by atoms with Gasteiger partial charge in [0, 0.05) is 30.6 Å². The first-order chi connectivity index (χ1) is 9.67. The molecule has 1 N–H and O–H groups in total. The summed E-state index contributed by atoms with van der Waals surface area (Å²) in [5.74, 6) is 0.893. The molecule has 4 nitrogen and oxygen atoms in total. The number of ether oxygens (including phenoxy) is 1. The summed E-state index contributed by atoms with van der Waals surface area (Å²) in [6.45, 7) is 1.61. The Bertz CT molecular complexity index is 513. The van der Waals surface area contributed by atoms with Crippen molar-refractivity contribution < 1.29 is 9.53 Å². The number of hydrogen-bond acceptors (Lipinski definition) is 3. The lowest BCUT2D eigenvalue weighted by molar-refractivity contribution is -0.139. The highest BCUT2D eigenvalue weighted by Crippen LogP contribution is 2.32. The lowest BCUT2D eigenvalue weighted by Gasteiger charge is -2.33. The van der Waals surface area contributed by atoms with Crippen molar-refractivity contribution >= 4 is 17.5 Å². The van der Waals surface area contributed by atoms with E-state index in [0.29, 0.717) is 17.5 Å².